The molecule has 0 bridgehead atoms. The fraction of sp³-hybridized carbons (Fsp3) is 0.625. The maximum absolute atomic E-state index is 9.38. The van der Waals surface area contributed by atoms with E-state index < -0.39 is 6.29 Å². The number of aliphatic hydroxyl groups excluding tert-OH is 1. The smallest absolute Gasteiger partial charge is 0.178 e. The molecule has 0 radical (unpaired) electrons. The zero-order valence-corrected chi connectivity index (χ0v) is 13.9. The molecule has 19 heavy (non-hydrogen) atoms. The zero-order chi connectivity index (χ0) is 15.0. The number of benzene rings is 1. The molecule has 0 saturated carbocycles. The molecular weight excluding hydrogens is 256 g/mol. The second-order valence-electron chi connectivity index (χ2n) is 5.76. The molecule has 1 heterocycles. The van der Waals surface area contributed by atoms with E-state index in [2.05, 4.69) is 27.7 Å². The van der Waals surface area contributed by atoms with Gasteiger partial charge in [-0.2, -0.15) is 0 Å². The van der Waals surface area contributed by atoms with Gasteiger partial charge in [-0.1, -0.05) is 33.8 Å². The van der Waals surface area contributed by atoms with Gasteiger partial charge in [0.05, 0.1) is 0 Å². The van der Waals surface area contributed by atoms with Crippen LogP contribution < -0.4 is 0 Å². The third-order valence-corrected chi connectivity index (χ3v) is 5.82. The quantitative estimate of drug-likeness (QED) is 0.760. The van der Waals surface area contributed by atoms with Gasteiger partial charge in [-0.05, 0) is 38.0 Å². The van der Waals surface area contributed by atoms with Crippen LogP contribution in [0.3, 0.4) is 0 Å². The van der Waals surface area contributed by atoms with Crippen molar-refractivity contribution in [2.75, 3.05) is 0 Å². The third kappa shape index (κ3) is 2.56. The maximum Gasteiger partial charge on any atom is 0.178 e. The Hall–Kier alpha value is -0.510. The van der Waals surface area contributed by atoms with Gasteiger partial charge in [0.25, 0.3) is 0 Å². The summed E-state index contributed by atoms with van der Waals surface area (Å²) in [5, 5.41) is 18.8. The molecule has 0 saturated heterocycles. The molecule has 1 aliphatic heterocycles. The summed E-state index contributed by atoms with van der Waals surface area (Å²) in [6.07, 6.45) is -1.38. The summed E-state index contributed by atoms with van der Waals surface area (Å²) >= 11 is 1.87. The van der Waals surface area contributed by atoms with Crippen molar-refractivity contribution >= 4 is 11.8 Å². The minimum Gasteiger partial charge on any atom is -0.364 e. The molecule has 2 N–H and O–H groups in total. The predicted molar refractivity (Wildman–Crippen MR) is 82.7 cm³/mol. The van der Waals surface area contributed by atoms with Crippen molar-refractivity contribution in [3.8, 4) is 0 Å². The number of rotatable bonds is 1. The second kappa shape index (κ2) is 5.47. The molecule has 0 fully saturated rings. The molecule has 0 aromatic heterocycles. The van der Waals surface area contributed by atoms with Crippen molar-refractivity contribution in [1.82, 2.24) is 0 Å². The minimum atomic E-state index is -1.38. The van der Waals surface area contributed by atoms with Crippen molar-refractivity contribution in [2.24, 2.45) is 0 Å². The van der Waals surface area contributed by atoms with Crippen LogP contribution in [0.1, 0.15) is 64.5 Å². The Kier molecular flexibility index (Phi) is 4.76. The number of aliphatic hydroxyl groups is 2. The molecule has 0 unspecified atom stereocenters. The van der Waals surface area contributed by atoms with E-state index in [1.165, 1.54) is 10.5 Å². The van der Waals surface area contributed by atoms with Crippen LogP contribution in [0.2, 0.25) is 0 Å². The lowest BCUT2D eigenvalue weighted by atomic mass is 9.72. The standard InChI is InChI=1S/C14H20O2S.C2H6/c1-8-9(12(15)16)6-7-10-11(8)13(2,3)14(4,5)17-10;1-2/h6-7,12,15-16H,1-5H3;1-2H3. The molecule has 0 spiro atoms. The van der Waals surface area contributed by atoms with Crippen molar-refractivity contribution in [1.29, 1.82) is 0 Å². The Bertz CT molecular complexity index is 462. The van der Waals surface area contributed by atoms with Crippen LogP contribution >= 0.6 is 11.8 Å². The van der Waals surface area contributed by atoms with Crippen molar-refractivity contribution in [2.45, 2.75) is 69.8 Å². The first-order valence-corrected chi connectivity index (χ1v) is 7.69. The number of hydrogen-bond donors (Lipinski definition) is 2. The predicted octanol–water partition coefficient (Wildman–Crippen LogP) is 4.17. The minimum absolute atomic E-state index is 0.0297. The van der Waals surface area contributed by atoms with E-state index >= 15 is 0 Å². The Morgan fingerprint density at radius 2 is 1.58 bits per heavy atom. The Morgan fingerprint density at radius 3 is 2.05 bits per heavy atom. The maximum atomic E-state index is 9.38. The summed E-state index contributed by atoms with van der Waals surface area (Å²) in [5.41, 5.74) is 2.93. The Balaban J connectivity index is 0.000000861. The van der Waals surface area contributed by atoms with Crippen LogP contribution in [0.4, 0.5) is 0 Å². The van der Waals surface area contributed by atoms with Crippen molar-refractivity contribution in [3.63, 3.8) is 0 Å². The zero-order valence-electron chi connectivity index (χ0n) is 13.0. The highest BCUT2D eigenvalue weighted by Crippen LogP contribution is 2.57. The summed E-state index contributed by atoms with van der Waals surface area (Å²) in [4.78, 5) is 1.27. The monoisotopic (exact) mass is 282 g/mol. The first-order valence-electron chi connectivity index (χ1n) is 6.87. The van der Waals surface area contributed by atoms with Gasteiger partial charge in [-0.15, -0.1) is 11.8 Å². The Labute approximate surface area is 121 Å². The lowest BCUT2D eigenvalue weighted by molar-refractivity contribution is -0.0430. The van der Waals surface area contributed by atoms with E-state index in [0.717, 1.165) is 5.56 Å². The van der Waals surface area contributed by atoms with Gasteiger partial charge in [0.1, 0.15) is 0 Å². The van der Waals surface area contributed by atoms with E-state index in [0.29, 0.717) is 5.56 Å². The topological polar surface area (TPSA) is 40.5 Å². The fourth-order valence-corrected chi connectivity index (χ4v) is 4.10. The third-order valence-electron chi connectivity index (χ3n) is 4.24. The number of thioether (sulfide) groups is 1. The van der Waals surface area contributed by atoms with Crippen LogP contribution in [0.25, 0.3) is 0 Å². The summed E-state index contributed by atoms with van der Waals surface area (Å²) in [6.45, 7) is 14.9. The van der Waals surface area contributed by atoms with Crippen LogP contribution in [0.5, 0.6) is 0 Å². The summed E-state index contributed by atoms with van der Waals surface area (Å²) in [7, 11) is 0. The first-order chi connectivity index (χ1) is 8.68. The SMILES string of the molecule is CC.Cc1c(C(O)O)ccc2c1C(C)(C)C(C)(C)S2. The van der Waals surface area contributed by atoms with E-state index in [-0.39, 0.29) is 10.2 Å². The van der Waals surface area contributed by atoms with Crippen LogP contribution in [0.15, 0.2) is 17.0 Å². The van der Waals surface area contributed by atoms with E-state index in [4.69, 9.17) is 0 Å². The van der Waals surface area contributed by atoms with Crippen molar-refractivity contribution < 1.29 is 10.2 Å². The molecule has 1 aliphatic rings. The van der Waals surface area contributed by atoms with Gasteiger partial charge in [-0.25, -0.2) is 0 Å². The lowest BCUT2D eigenvalue weighted by Crippen LogP contribution is -2.36. The van der Waals surface area contributed by atoms with Gasteiger partial charge in [0.15, 0.2) is 6.29 Å². The van der Waals surface area contributed by atoms with Gasteiger partial charge in [-0.3, -0.25) is 0 Å². The Morgan fingerprint density at radius 1 is 1.05 bits per heavy atom. The van der Waals surface area contributed by atoms with Gasteiger partial charge in [0, 0.05) is 20.6 Å². The largest absolute Gasteiger partial charge is 0.364 e. The average Bonchev–Trinajstić information content (AvgIpc) is 2.48. The second-order valence-corrected chi connectivity index (χ2v) is 7.43. The van der Waals surface area contributed by atoms with E-state index in [1.807, 2.05) is 44.7 Å². The van der Waals surface area contributed by atoms with Crippen LogP contribution in [-0.4, -0.2) is 15.0 Å². The molecular formula is C16H26O2S. The van der Waals surface area contributed by atoms with E-state index in [9.17, 15) is 10.2 Å². The van der Waals surface area contributed by atoms with Crippen molar-refractivity contribution in [3.05, 3.63) is 28.8 Å². The molecule has 108 valence electrons. The molecule has 2 rings (SSSR count). The highest BCUT2D eigenvalue weighted by Gasteiger charge is 2.47. The van der Waals surface area contributed by atoms with Crippen LogP contribution in [0, 0.1) is 6.92 Å². The summed E-state index contributed by atoms with van der Waals surface area (Å²) in [6, 6.07) is 3.83. The van der Waals surface area contributed by atoms with Gasteiger partial charge in [0.2, 0.25) is 0 Å². The molecule has 3 heteroatoms. The lowest BCUT2D eigenvalue weighted by Gasteiger charge is -2.35. The molecule has 0 amide bonds. The van der Waals surface area contributed by atoms with E-state index in [1.54, 1.807) is 0 Å². The molecule has 2 nitrogen and oxygen atoms in total. The molecule has 0 atom stereocenters. The first kappa shape index (κ1) is 16.5. The van der Waals surface area contributed by atoms with Crippen LogP contribution in [-0.2, 0) is 5.41 Å². The highest BCUT2D eigenvalue weighted by molar-refractivity contribution is 8.01. The van der Waals surface area contributed by atoms with Gasteiger partial charge < -0.3 is 10.2 Å². The molecule has 0 aliphatic carbocycles. The van der Waals surface area contributed by atoms with Gasteiger partial charge >= 0.3 is 0 Å². The number of hydrogen-bond acceptors (Lipinski definition) is 3. The summed E-state index contributed by atoms with van der Waals surface area (Å²) < 4.78 is 0.124. The fourth-order valence-electron chi connectivity index (χ4n) is 2.55. The number of fused-ring (bicyclic) bond motifs is 1. The molecule has 1 aromatic carbocycles. The average molecular weight is 282 g/mol. The highest BCUT2D eigenvalue weighted by atomic mass is 32.2. The molecule has 1 aromatic rings. The summed E-state index contributed by atoms with van der Waals surface area (Å²) in [5.74, 6) is 0. The normalized spacial score (nSPS) is 18.8.